The van der Waals surface area contributed by atoms with Crippen molar-refractivity contribution in [2.75, 3.05) is 6.61 Å². The summed E-state index contributed by atoms with van der Waals surface area (Å²) < 4.78 is 64.6. The Balaban J connectivity index is 1.39. The van der Waals surface area contributed by atoms with Crippen LogP contribution in [0.3, 0.4) is 0 Å². The fourth-order valence-corrected chi connectivity index (χ4v) is 4.21. The van der Waals surface area contributed by atoms with E-state index in [0.717, 1.165) is 10.9 Å². The number of hydrogen-bond donors (Lipinski definition) is 2. The van der Waals surface area contributed by atoms with Crippen molar-refractivity contribution in [2.45, 2.75) is 25.1 Å². The first kappa shape index (κ1) is 27.7. The summed E-state index contributed by atoms with van der Waals surface area (Å²) in [6, 6.07) is 17.8. The van der Waals surface area contributed by atoms with Crippen LogP contribution in [0.4, 0.5) is 17.6 Å². The minimum atomic E-state index is -3.55. The Morgan fingerprint density at radius 1 is 0.976 bits per heavy atom. The summed E-state index contributed by atoms with van der Waals surface area (Å²) in [6.07, 6.45) is 2.65. The first-order valence-electron chi connectivity index (χ1n) is 12.5. The number of halogens is 4. The third-order valence-electron chi connectivity index (χ3n) is 6.28. The number of nitrogens with zero attached hydrogens (tertiary/aromatic N) is 4. The molecule has 2 heterocycles. The molecule has 12 heteroatoms. The van der Waals surface area contributed by atoms with E-state index in [-0.39, 0.29) is 23.4 Å². The van der Waals surface area contributed by atoms with Gasteiger partial charge in [0.2, 0.25) is 0 Å². The van der Waals surface area contributed by atoms with Crippen LogP contribution in [0.25, 0.3) is 22.5 Å². The smallest absolute Gasteiger partial charge is 0.292 e. The van der Waals surface area contributed by atoms with Gasteiger partial charge in [-0.15, -0.1) is 0 Å². The van der Waals surface area contributed by atoms with Gasteiger partial charge in [0.25, 0.3) is 11.8 Å². The number of amides is 1. The van der Waals surface area contributed by atoms with Gasteiger partial charge in [-0.05, 0) is 48.0 Å². The third-order valence-corrected chi connectivity index (χ3v) is 6.28. The maximum Gasteiger partial charge on any atom is 0.292 e. The highest BCUT2D eigenvalue weighted by Gasteiger charge is 2.42. The molecule has 1 atom stereocenters. The molecule has 2 N–H and O–H groups in total. The number of nitrogens with one attached hydrogen (secondary N) is 2. The number of aromatic amines is 1. The number of H-pyrrole nitrogens is 1. The van der Waals surface area contributed by atoms with Gasteiger partial charge in [0.15, 0.2) is 0 Å². The molecule has 1 amide bonds. The molecule has 5 rings (SSSR count). The number of rotatable bonds is 11. The van der Waals surface area contributed by atoms with Crippen LogP contribution in [0.5, 0.6) is 0 Å². The number of hydrogen-bond acceptors (Lipinski definition) is 5. The lowest BCUT2D eigenvalue weighted by Gasteiger charge is -2.27. The van der Waals surface area contributed by atoms with Crippen molar-refractivity contribution < 1.29 is 27.1 Å². The maximum atomic E-state index is 15.5. The lowest BCUT2D eigenvalue weighted by atomic mass is 10.0. The number of benzene rings is 3. The van der Waals surface area contributed by atoms with Crippen molar-refractivity contribution >= 4 is 5.91 Å². The molecular weight excluding hydrogens is 540 g/mol. The van der Waals surface area contributed by atoms with Crippen LogP contribution in [0.1, 0.15) is 15.9 Å². The molecule has 1 unspecified atom stereocenters. The number of ether oxygens (including phenoxy) is 1. The largest absolute Gasteiger partial charge is 0.370 e. The van der Waals surface area contributed by atoms with Crippen molar-refractivity contribution in [2.24, 2.45) is 0 Å². The van der Waals surface area contributed by atoms with Gasteiger partial charge in [0, 0.05) is 11.1 Å². The van der Waals surface area contributed by atoms with Gasteiger partial charge in [-0.1, -0.05) is 36.4 Å². The third kappa shape index (κ3) is 6.67. The van der Waals surface area contributed by atoms with Crippen LogP contribution in [-0.4, -0.2) is 49.7 Å². The van der Waals surface area contributed by atoms with Crippen molar-refractivity contribution in [1.82, 2.24) is 30.5 Å². The van der Waals surface area contributed by atoms with Crippen LogP contribution in [-0.2, 0) is 17.9 Å². The van der Waals surface area contributed by atoms with Gasteiger partial charge < -0.3 is 10.1 Å². The van der Waals surface area contributed by atoms with Crippen LogP contribution in [0.2, 0.25) is 0 Å². The molecule has 41 heavy (non-hydrogen) atoms. The second-order valence-electron chi connectivity index (χ2n) is 9.19. The summed E-state index contributed by atoms with van der Waals surface area (Å²) in [4.78, 5) is 14.4. The second-order valence-corrected chi connectivity index (χ2v) is 9.19. The molecule has 3 aromatic carbocycles. The number of alkyl halides is 2. The summed E-state index contributed by atoms with van der Waals surface area (Å²) in [7, 11) is 0. The molecule has 0 aliphatic rings. The minimum Gasteiger partial charge on any atom is -0.370 e. The average molecular weight is 565 g/mol. The SMILES string of the molecule is O=C(NC(Cn1nccn1)C(F)(F)COCc1ccccc1)c1cccc(F)c1-c1cc(-c2ccc(F)cc2)n[nH]1. The molecule has 0 aliphatic heterocycles. The molecule has 0 fully saturated rings. The number of carbonyl (C=O) groups is 1. The Bertz CT molecular complexity index is 1590. The van der Waals surface area contributed by atoms with Gasteiger partial charge in [0.1, 0.15) is 24.3 Å². The van der Waals surface area contributed by atoms with Gasteiger partial charge in [-0.2, -0.15) is 20.1 Å². The van der Waals surface area contributed by atoms with E-state index in [1.54, 1.807) is 30.3 Å². The fourth-order valence-electron chi connectivity index (χ4n) is 4.21. The normalized spacial score (nSPS) is 12.3. The van der Waals surface area contributed by atoms with E-state index in [1.807, 2.05) is 0 Å². The molecule has 2 aromatic heterocycles. The Hall–Kier alpha value is -4.84. The van der Waals surface area contributed by atoms with Crippen LogP contribution < -0.4 is 5.32 Å². The molecule has 0 radical (unpaired) electrons. The monoisotopic (exact) mass is 564 g/mol. The van der Waals surface area contributed by atoms with Crippen molar-refractivity contribution in [3.63, 3.8) is 0 Å². The van der Waals surface area contributed by atoms with E-state index in [0.29, 0.717) is 16.8 Å². The highest BCUT2D eigenvalue weighted by atomic mass is 19.3. The molecule has 0 bridgehead atoms. The first-order chi connectivity index (χ1) is 19.8. The van der Waals surface area contributed by atoms with Crippen molar-refractivity contribution in [1.29, 1.82) is 0 Å². The Morgan fingerprint density at radius 2 is 1.71 bits per heavy atom. The molecule has 210 valence electrons. The minimum absolute atomic E-state index is 0.0542. The zero-order chi connectivity index (χ0) is 28.8. The zero-order valence-electron chi connectivity index (χ0n) is 21.5. The van der Waals surface area contributed by atoms with E-state index < -0.39 is 42.7 Å². The molecule has 0 spiro atoms. The molecule has 0 saturated heterocycles. The number of aromatic nitrogens is 5. The molecule has 0 saturated carbocycles. The van der Waals surface area contributed by atoms with E-state index in [9.17, 15) is 9.18 Å². The standard InChI is InChI=1S/C29H24F4N6O2/c30-21-11-9-20(10-12-21)24-15-25(38-37-24)27-22(7-4-8-23(27)31)28(40)36-26(16-39-34-13-14-35-39)29(32,33)18-41-17-19-5-2-1-3-6-19/h1-15,26H,16-18H2,(H,36,40)(H,37,38). The van der Waals surface area contributed by atoms with Gasteiger partial charge >= 0.3 is 0 Å². The van der Waals surface area contributed by atoms with Crippen LogP contribution in [0.15, 0.2) is 91.3 Å². The summed E-state index contributed by atoms with van der Waals surface area (Å²) in [5, 5.41) is 16.9. The predicted octanol–water partition coefficient (Wildman–Crippen LogP) is 5.26. The molecule has 0 aliphatic carbocycles. The fraction of sp³-hybridized carbons (Fsp3) is 0.172. The lowest BCUT2D eigenvalue weighted by molar-refractivity contribution is -0.107. The highest BCUT2D eigenvalue weighted by molar-refractivity contribution is 6.01. The van der Waals surface area contributed by atoms with E-state index in [1.165, 1.54) is 54.9 Å². The first-order valence-corrected chi connectivity index (χ1v) is 12.5. The highest BCUT2D eigenvalue weighted by Crippen LogP contribution is 2.30. The molecular formula is C29H24F4N6O2. The summed E-state index contributed by atoms with van der Waals surface area (Å²) in [5.41, 5.74) is 1.42. The zero-order valence-corrected chi connectivity index (χ0v) is 21.5. The molecule has 5 aromatic rings. The molecule has 8 nitrogen and oxygen atoms in total. The van der Waals surface area contributed by atoms with Crippen LogP contribution in [0, 0.1) is 11.6 Å². The Morgan fingerprint density at radius 3 is 2.44 bits per heavy atom. The maximum absolute atomic E-state index is 15.5. The number of carbonyl (C=O) groups excluding carboxylic acids is 1. The average Bonchev–Trinajstić information content (AvgIpc) is 3.66. The lowest BCUT2D eigenvalue weighted by Crippen LogP contribution is -2.52. The Labute approximate surface area is 232 Å². The topological polar surface area (TPSA) is 97.7 Å². The van der Waals surface area contributed by atoms with E-state index >= 15 is 13.2 Å². The van der Waals surface area contributed by atoms with Crippen molar-refractivity contribution in [3.8, 4) is 22.5 Å². The van der Waals surface area contributed by atoms with Gasteiger partial charge in [-0.25, -0.2) is 17.6 Å². The summed E-state index contributed by atoms with van der Waals surface area (Å²) in [5.74, 6) is -5.69. The van der Waals surface area contributed by atoms with E-state index in [4.69, 9.17) is 4.74 Å². The van der Waals surface area contributed by atoms with Crippen molar-refractivity contribution in [3.05, 3.63) is 114 Å². The second kappa shape index (κ2) is 12.1. The predicted molar refractivity (Wildman–Crippen MR) is 142 cm³/mol. The quantitative estimate of drug-likeness (QED) is 0.213. The van der Waals surface area contributed by atoms with Gasteiger partial charge in [-0.3, -0.25) is 9.89 Å². The summed E-state index contributed by atoms with van der Waals surface area (Å²) in [6.45, 7) is -1.52. The van der Waals surface area contributed by atoms with Crippen LogP contribution >= 0.6 is 0 Å². The Kier molecular flexibility index (Phi) is 8.20. The van der Waals surface area contributed by atoms with E-state index in [2.05, 4.69) is 25.7 Å². The van der Waals surface area contributed by atoms with Gasteiger partial charge in [0.05, 0.1) is 42.5 Å². The summed E-state index contributed by atoms with van der Waals surface area (Å²) >= 11 is 0.